The van der Waals surface area contributed by atoms with E-state index < -0.39 is 5.82 Å². The van der Waals surface area contributed by atoms with Gasteiger partial charge in [-0.3, -0.25) is 0 Å². The highest BCUT2D eigenvalue weighted by Crippen LogP contribution is 2.25. The largest absolute Gasteiger partial charge is 0.357 e. The van der Waals surface area contributed by atoms with Crippen LogP contribution in [0.1, 0.15) is 5.69 Å². The Morgan fingerprint density at radius 1 is 1.29 bits per heavy atom. The fraction of sp³-hybridized carbons (Fsp3) is 0.200. The third-order valence-corrected chi connectivity index (χ3v) is 2.76. The molecular weight excluding hydrogens is 241 g/mol. The van der Waals surface area contributed by atoms with Gasteiger partial charge < -0.3 is 5.32 Å². The normalized spacial score (nSPS) is 10.3. The molecule has 0 bridgehead atoms. The first-order chi connectivity index (χ1) is 8.19. The van der Waals surface area contributed by atoms with Gasteiger partial charge in [0.2, 0.25) is 5.95 Å². The van der Waals surface area contributed by atoms with Crippen LogP contribution in [0.3, 0.4) is 0 Å². The first kappa shape index (κ1) is 11.7. The van der Waals surface area contributed by atoms with Crippen LogP contribution >= 0.6 is 11.8 Å². The van der Waals surface area contributed by atoms with Crippen molar-refractivity contribution >= 4 is 17.7 Å². The van der Waals surface area contributed by atoms with Crippen LogP contribution in [0.25, 0.3) is 0 Å². The molecule has 0 aromatic carbocycles. The molecule has 2 aromatic heterocycles. The number of hydrogen-bond acceptors (Lipinski definition) is 6. The molecule has 2 aromatic rings. The Bertz CT molecular complexity index is 534. The van der Waals surface area contributed by atoms with E-state index in [2.05, 4.69) is 25.3 Å². The van der Waals surface area contributed by atoms with E-state index in [1.165, 1.54) is 0 Å². The Morgan fingerprint density at radius 3 is 2.82 bits per heavy atom. The molecule has 0 radical (unpaired) electrons. The first-order valence-electron chi connectivity index (χ1n) is 4.87. The Hall–Kier alpha value is -1.76. The maximum absolute atomic E-state index is 13.5. The highest BCUT2D eigenvalue weighted by atomic mass is 32.2. The summed E-state index contributed by atoms with van der Waals surface area (Å²) in [6, 6.07) is 1.78. The van der Waals surface area contributed by atoms with Crippen molar-refractivity contribution in [3.63, 3.8) is 0 Å². The van der Waals surface area contributed by atoms with Crippen molar-refractivity contribution in [2.45, 2.75) is 17.1 Å². The lowest BCUT2D eigenvalue weighted by molar-refractivity contribution is 0.579. The molecule has 0 unspecified atom stereocenters. The highest BCUT2D eigenvalue weighted by molar-refractivity contribution is 7.99. The van der Waals surface area contributed by atoms with Crippen LogP contribution in [0.4, 0.5) is 10.3 Å². The lowest BCUT2D eigenvalue weighted by atomic mass is 10.5. The summed E-state index contributed by atoms with van der Waals surface area (Å²) in [5, 5.41) is 3.41. The second-order valence-corrected chi connectivity index (χ2v) is 4.14. The lowest BCUT2D eigenvalue weighted by Crippen LogP contribution is -1.99. The average molecular weight is 251 g/mol. The van der Waals surface area contributed by atoms with E-state index in [4.69, 9.17) is 0 Å². The second-order valence-electron chi connectivity index (χ2n) is 3.18. The van der Waals surface area contributed by atoms with Crippen LogP contribution in [-0.4, -0.2) is 27.0 Å². The maximum Gasteiger partial charge on any atom is 0.223 e. The molecule has 0 saturated heterocycles. The van der Waals surface area contributed by atoms with Gasteiger partial charge in [0, 0.05) is 18.9 Å². The Kier molecular flexibility index (Phi) is 3.48. The van der Waals surface area contributed by atoms with Crippen LogP contribution in [-0.2, 0) is 0 Å². The van der Waals surface area contributed by atoms with E-state index in [0.717, 1.165) is 23.7 Å². The summed E-state index contributed by atoms with van der Waals surface area (Å²) in [5.74, 6) is -0.124. The molecule has 0 spiro atoms. The molecule has 0 atom stereocenters. The smallest absolute Gasteiger partial charge is 0.223 e. The number of halogens is 1. The van der Waals surface area contributed by atoms with E-state index in [1.54, 1.807) is 19.3 Å². The third-order valence-electron chi connectivity index (χ3n) is 1.90. The summed E-state index contributed by atoms with van der Waals surface area (Å²) in [6.45, 7) is 1.85. The van der Waals surface area contributed by atoms with Crippen LogP contribution in [0, 0.1) is 12.7 Å². The quantitative estimate of drug-likeness (QED) is 0.664. The molecule has 0 aliphatic heterocycles. The van der Waals surface area contributed by atoms with E-state index >= 15 is 0 Å². The van der Waals surface area contributed by atoms with E-state index in [0.29, 0.717) is 11.1 Å². The summed E-state index contributed by atoms with van der Waals surface area (Å²) in [5.41, 5.74) is 0.825. The van der Waals surface area contributed by atoms with Gasteiger partial charge in [-0.05, 0) is 24.8 Å². The van der Waals surface area contributed by atoms with Gasteiger partial charge in [0.05, 0.1) is 6.20 Å². The molecule has 5 nitrogen and oxygen atoms in total. The lowest BCUT2D eigenvalue weighted by Gasteiger charge is -2.03. The Balaban J connectivity index is 2.29. The van der Waals surface area contributed by atoms with E-state index in [9.17, 15) is 4.39 Å². The molecule has 0 saturated carbocycles. The second kappa shape index (κ2) is 5.05. The molecule has 0 amide bonds. The van der Waals surface area contributed by atoms with Crippen LogP contribution < -0.4 is 5.32 Å². The standard InChI is InChI=1S/C10H10FN5S/c1-6-3-4-13-10(15-6)17-8-7(11)5-14-9(12-2)16-8/h3-5H,1-2H3,(H,12,14,16). The molecule has 0 fully saturated rings. The number of hydrogen-bond donors (Lipinski definition) is 1. The van der Waals surface area contributed by atoms with Gasteiger partial charge in [-0.15, -0.1) is 0 Å². The van der Waals surface area contributed by atoms with Crippen molar-refractivity contribution in [2.24, 2.45) is 0 Å². The number of nitrogens with one attached hydrogen (secondary N) is 1. The minimum absolute atomic E-state index is 0.204. The zero-order valence-electron chi connectivity index (χ0n) is 9.31. The number of nitrogens with zero attached hydrogens (tertiary/aromatic N) is 4. The van der Waals surface area contributed by atoms with Gasteiger partial charge >= 0.3 is 0 Å². The van der Waals surface area contributed by atoms with Crippen LogP contribution in [0.2, 0.25) is 0 Å². The van der Waals surface area contributed by atoms with Crippen LogP contribution in [0.5, 0.6) is 0 Å². The van der Waals surface area contributed by atoms with Gasteiger partial charge in [0.25, 0.3) is 0 Å². The Morgan fingerprint density at radius 2 is 2.12 bits per heavy atom. The molecule has 0 aliphatic rings. The fourth-order valence-electron chi connectivity index (χ4n) is 1.11. The molecule has 88 valence electrons. The zero-order valence-corrected chi connectivity index (χ0v) is 10.1. The van der Waals surface area contributed by atoms with E-state index in [1.807, 2.05) is 6.92 Å². The highest BCUT2D eigenvalue weighted by Gasteiger charge is 2.10. The first-order valence-corrected chi connectivity index (χ1v) is 5.68. The number of aromatic nitrogens is 4. The summed E-state index contributed by atoms with van der Waals surface area (Å²) in [4.78, 5) is 16.0. The monoisotopic (exact) mass is 251 g/mol. The molecule has 7 heteroatoms. The van der Waals surface area contributed by atoms with Gasteiger partial charge in [0.1, 0.15) is 5.03 Å². The van der Waals surface area contributed by atoms with Gasteiger partial charge in [-0.2, -0.15) is 0 Å². The maximum atomic E-state index is 13.5. The van der Waals surface area contributed by atoms with Gasteiger partial charge in [-0.25, -0.2) is 24.3 Å². The molecule has 0 aliphatic carbocycles. The summed E-state index contributed by atoms with van der Waals surface area (Å²) in [7, 11) is 1.67. The minimum atomic E-state index is -0.487. The van der Waals surface area contributed by atoms with Crippen molar-refractivity contribution < 1.29 is 4.39 Å². The topological polar surface area (TPSA) is 63.6 Å². The molecule has 17 heavy (non-hydrogen) atoms. The minimum Gasteiger partial charge on any atom is -0.357 e. The van der Waals surface area contributed by atoms with Crippen molar-refractivity contribution in [1.82, 2.24) is 19.9 Å². The number of rotatable bonds is 3. The van der Waals surface area contributed by atoms with Gasteiger partial charge in [0.15, 0.2) is 11.0 Å². The molecular formula is C10H10FN5S. The predicted molar refractivity (Wildman–Crippen MR) is 62.4 cm³/mol. The predicted octanol–water partition coefficient (Wildman–Crippen LogP) is 1.91. The molecule has 2 heterocycles. The van der Waals surface area contributed by atoms with Crippen molar-refractivity contribution in [3.8, 4) is 0 Å². The zero-order chi connectivity index (χ0) is 12.3. The van der Waals surface area contributed by atoms with Crippen molar-refractivity contribution in [1.29, 1.82) is 0 Å². The average Bonchev–Trinajstić information content (AvgIpc) is 2.32. The SMILES string of the molecule is CNc1ncc(F)c(Sc2nccc(C)n2)n1. The van der Waals surface area contributed by atoms with Crippen LogP contribution in [0.15, 0.2) is 28.6 Å². The summed E-state index contributed by atoms with van der Waals surface area (Å²) in [6.07, 6.45) is 2.75. The van der Waals surface area contributed by atoms with E-state index in [-0.39, 0.29) is 5.03 Å². The van der Waals surface area contributed by atoms with Crippen molar-refractivity contribution in [2.75, 3.05) is 12.4 Å². The summed E-state index contributed by atoms with van der Waals surface area (Å²) < 4.78 is 13.5. The molecule has 2 rings (SSSR count). The number of aryl methyl sites for hydroxylation is 1. The summed E-state index contributed by atoms with van der Waals surface area (Å²) >= 11 is 1.07. The Labute approximate surface area is 102 Å². The van der Waals surface area contributed by atoms with Gasteiger partial charge in [-0.1, -0.05) is 0 Å². The van der Waals surface area contributed by atoms with Crippen molar-refractivity contribution in [3.05, 3.63) is 30.0 Å². The molecule has 1 N–H and O–H groups in total. The number of anilines is 1. The fourth-order valence-corrected chi connectivity index (χ4v) is 1.86. The third kappa shape index (κ3) is 2.88.